The average Bonchev–Trinajstić information content (AvgIpc) is 2.91. The maximum absolute atomic E-state index is 14.5. The summed E-state index contributed by atoms with van der Waals surface area (Å²) in [7, 11) is -3.36. The lowest BCUT2D eigenvalue weighted by Crippen LogP contribution is -2.43. The third-order valence-corrected chi connectivity index (χ3v) is 8.80. The largest absolute Gasteiger partial charge is 0.486 e. The Hall–Kier alpha value is -3.28. The molecule has 0 spiro atoms. The number of methoxy groups -OCH3 is 1. The van der Waals surface area contributed by atoms with Crippen molar-refractivity contribution in [3.63, 3.8) is 0 Å². The summed E-state index contributed by atoms with van der Waals surface area (Å²) in [6.07, 6.45) is -4.14. The summed E-state index contributed by atoms with van der Waals surface area (Å²) >= 11 is 12.7. The van der Waals surface area contributed by atoms with Gasteiger partial charge in [-0.15, -0.1) is 0 Å². The van der Waals surface area contributed by atoms with Crippen LogP contribution in [0.2, 0.25) is 10.0 Å². The first-order chi connectivity index (χ1) is 19.2. The van der Waals surface area contributed by atoms with Crippen LogP contribution in [-0.4, -0.2) is 34.1 Å². The zero-order chi connectivity index (χ0) is 30.1. The molecule has 0 bridgehead atoms. The zero-order valence-corrected chi connectivity index (χ0v) is 24.0. The predicted molar refractivity (Wildman–Crippen MR) is 148 cm³/mol. The highest BCUT2D eigenvalue weighted by Crippen LogP contribution is 2.43. The van der Waals surface area contributed by atoms with E-state index >= 15 is 0 Å². The number of esters is 1. The van der Waals surface area contributed by atoms with E-state index in [9.17, 15) is 30.8 Å². The van der Waals surface area contributed by atoms with Crippen LogP contribution in [0.1, 0.15) is 36.5 Å². The van der Waals surface area contributed by atoms with Gasteiger partial charge < -0.3 is 9.47 Å². The summed E-state index contributed by atoms with van der Waals surface area (Å²) in [5.74, 6) is -1.09. The van der Waals surface area contributed by atoms with Crippen LogP contribution in [-0.2, 0) is 25.7 Å². The molecule has 13 heteroatoms. The molecule has 3 aromatic rings. The van der Waals surface area contributed by atoms with E-state index in [0.29, 0.717) is 11.6 Å². The molecule has 0 radical (unpaired) electrons. The van der Waals surface area contributed by atoms with Crippen molar-refractivity contribution in [2.24, 2.45) is 0 Å². The highest BCUT2D eigenvalue weighted by molar-refractivity contribution is 7.92. The van der Waals surface area contributed by atoms with Crippen molar-refractivity contribution in [1.29, 1.82) is 0 Å². The van der Waals surface area contributed by atoms with Crippen LogP contribution in [0.4, 0.5) is 23.2 Å². The molecule has 218 valence electrons. The Morgan fingerprint density at radius 2 is 1.83 bits per heavy atom. The van der Waals surface area contributed by atoms with Crippen LogP contribution < -0.4 is 9.04 Å². The summed E-state index contributed by atoms with van der Waals surface area (Å²) < 4.78 is 93.8. The lowest BCUT2D eigenvalue weighted by Gasteiger charge is -2.36. The molecule has 0 N–H and O–H groups in total. The number of hydrogen-bond acceptors (Lipinski definition) is 5. The normalized spacial score (nSPS) is 15.8. The van der Waals surface area contributed by atoms with Crippen molar-refractivity contribution in [3.05, 3.63) is 87.2 Å². The molecule has 3 aromatic carbocycles. The van der Waals surface area contributed by atoms with Crippen LogP contribution >= 0.6 is 23.2 Å². The molecule has 1 aliphatic heterocycles. The van der Waals surface area contributed by atoms with Gasteiger partial charge in [-0.25, -0.2) is 12.8 Å². The number of nitrogens with zero attached hydrogens (tertiary/aromatic N) is 1. The number of sulfonamides is 1. The number of carbonyl (C=O) groups excluding carboxylic acids is 1. The van der Waals surface area contributed by atoms with Crippen LogP contribution in [0.5, 0.6) is 5.75 Å². The quantitative estimate of drug-likeness (QED) is 0.152. The van der Waals surface area contributed by atoms with Gasteiger partial charge in [0.25, 0.3) is 10.0 Å². The molecule has 0 saturated heterocycles. The van der Waals surface area contributed by atoms with Crippen molar-refractivity contribution >= 4 is 56.5 Å². The molecule has 1 aliphatic rings. The van der Waals surface area contributed by atoms with E-state index in [2.05, 4.69) is 4.74 Å². The topological polar surface area (TPSA) is 72.9 Å². The van der Waals surface area contributed by atoms with Gasteiger partial charge in [0.2, 0.25) is 0 Å². The van der Waals surface area contributed by atoms with E-state index in [4.69, 9.17) is 27.9 Å². The van der Waals surface area contributed by atoms with Gasteiger partial charge in [-0.1, -0.05) is 35.3 Å². The van der Waals surface area contributed by atoms with Gasteiger partial charge in [0.05, 0.1) is 39.8 Å². The first-order valence-electron chi connectivity index (χ1n) is 12.1. The summed E-state index contributed by atoms with van der Waals surface area (Å²) in [5, 5.41) is 0.277. The second kappa shape index (κ2) is 11.9. The van der Waals surface area contributed by atoms with Crippen molar-refractivity contribution in [1.82, 2.24) is 0 Å². The van der Waals surface area contributed by atoms with Crippen molar-refractivity contribution < 1.29 is 40.2 Å². The first kappa shape index (κ1) is 30.7. The molecule has 6 nitrogen and oxygen atoms in total. The second-order valence-corrected chi connectivity index (χ2v) is 11.9. The lowest BCUT2D eigenvalue weighted by atomic mass is 10.0. The summed E-state index contributed by atoms with van der Waals surface area (Å²) in [5.41, 5.74) is -0.347. The van der Waals surface area contributed by atoms with Gasteiger partial charge in [-0.2, -0.15) is 13.2 Å². The number of allylic oxidation sites excluding steroid dienone is 1. The molecule has 0 amide bonds. The Bertz CT molecular complexity index is 1610. The molecule has 0 aromatic heterocycles. The molecule has 0 saturated carbocycles. The summed E-state index contributed by atoms with van der Waals surface area (Å²) in [4.78, 5) is 11.1. The van der Waals surface area contributed by atoms with E-state index < -0.39 is 44.5 Å². The van der Waals surface area contributed by atoms with E-state index in [0.717, 1.165) is 22.5 Å². The fourth-order valence-electron chi connectivity index (χ4n) is 4.36. The number of anilines is 1. The minimum absolute atomic E-state index is 0.000176. The van der Waals surface area contributed by atoms with Crippen LogP contribution in [0.3, 0.4) is 0 Å². The number of rotatable bonds is 7. The van der Waals surface area contributed by atoms with E-state index in [1.807, 2.05) is 0 Å². The molecule has 4 rings (SSSR count). The van der Waals surface area contributed by atoms with E-state index in [1.54, 1.807) is 6.92 Å². The first-order valence-corrected chi connectivity index (χ1v) is 14.3. The van der Waals surface area contributed by atoms with Gasteiger partial charge >= 0.3 is 12.1 Å². The zero-order valence-electron chi connectivity index (χ0n) is 21.6. The third-order valence-electron chi connectivity index (χ3n) is 6.39. The smallest absolute Gasteiger partial charge is 0.416 e. The maximum atomic E-state index is 14.5. The molecule has 41 heavy (non-hydrogen) atoms. The SMILES string of the molecule is COC(=O)CC[C@H]1CN(S(=O)(=O)c2cccc(C(F)(F)F)c2)c2cc(/C=C(\C)c3c(F)cccc3Cl)c(Cl)cc2O1. The molecular formula is C28H23Cl2F4NO5S. The molecule has 1 atom stereocenters. The Morgan fingerprint density at radius 1 is 1.12 bits per heavy atom. The number of hydrogen-bond donors (Lipinski definition) is 0. The number of fused-ring (bicyclic) bond motifs is 1. The van der Waals surface area contributed by atoms with E-state index in [1.165, 1.54) is 43.5 Å². The minimum Gasteiger partial charge on any atom is -0.486 e. The van der Waals surface area contributed by atoms with Gasteiger partial charge in [0.1, 0.15) is 17.7 Å². The van der Waals surface area contributed by atoms with Gasteiger partial charge in [0.15, 0.2) is 0 Å². The lowest BCUT2D eigenvalue weighted by molar-refractivity contribution is -0.141. The number of benzene rings is 3. The van der Waals surface area contributed by atoms with Gasteiger partial charge in [-0.05, 0) is 67.0 Å². The Morgan fingerprint density at radius 3 is 2.49 bits per heavy atom. The number of alkyl halides is 3. The fourth-order valence-corrected chi connectivity index (χ4v) is 6.42. The van der Waals surface area contributed by atoms with Gasteiger partial charge in [-0.3, -0.25) is 9.10 Å². The van der Waals surface area contributed by atoms with Crippen LogP contribution in [0, 0.1) is 5.82 Å². The Balaban J connectivity index is 1.83. The van der Waals surface area contributed by atoms with E-state index in [-0.39, 0.29) is 52.0 Å². The fraction of sp³-hybridized carbons (Fsp3) is 0.250. The maximum Gasteiger partial charge on any atom is 0.416 e. The average molecular weight is 632 g/mol. The van der Waals surface area contributed by atoms with Crippen molar-refractivity contribution in [3.8, 4) is 5.75 Å². The number of ether oxygens (including phenoxy) is 2. The highest BCUT2D eigenvalue weighted by atomic mass is 35.5. The molecule has 0 aliphatic carbocycles. The molecule has 0 fully saturated rings. The molecule has 1 heterocycles. The van der Waals surface area contributed by atoms with Crippen LogP contribution in [0.15, 0.2) is 59.5 Å². The monoisotopic (exact) mass is 631 g/mol. The second-order valence-electron chi connectivity index (χ2n) is 9.18. The summed E-state index contributed by atoms with van der Waals surface area (Å²) in [6.45, 7) is 1.28. The minimum atomic E-state index is -4.77. The Kier molecular flexibility index (Phi) is 8.91. The van der Waals surface area contributed by atoms with Crippen LogP contribution in [0.25, 0.3) is 11.6 Å². The number of carbonyl (C=O) groups is 1. The van der Waals surface area contributed by atoms with Crippen molar-refractivity contribution in [2.45, 2.75) is 36.9 Å². The Labute approximate surface area is 244 Å². The molecule has 0 unspecified atom stereocenters. The summed E-state index contributed by atoms with van der Waals surface area (Å²) in [6, 6.07) is 10.3. The highest BCUT2D eigenvalue weighted by Gasteiger charge is 2.37. The predicted octanol–water partition coefficient (Wildman–Crippen LogP) is 7.62. The standard InChI is InChI=1S/C28H23Cl2F4NO5S/c1-16(27-21(29)7-4-8-23(27)31)11-17-12-24-25(14-22(17)30)40-19(9-10-26(36)39-2)15-35(24)41(37,38)20-6-3-5-18(13-20)28(32,33)34/h3-8,11-14,19H,9-10,15H2,1-2H3/b16-11+/t19-/m0/s1. The molecular weight excluding hydrogens is 609 g/mol. The number of halogens is 6. The van der Waals surface area contributed by atoms with Crippen molar-refractivity contribution in [2.75, 3.05) is 18.0 Å². The van der Waals surface area contributed by atoms with Gasteiger partial charge in [0, 0.05) is 18.1 Å². The third kappa shape index (κ3) is 6.63.